The molecule has 0 aliphatic rings. The number of nitrogens with zero attached hydrogens (tertiary/aromatic N) is 1. The van der Waals surface area contributed by atoms with Crippen LogP contribution in [0, 0.1) is 15.3 Å². The average Bonchev–Trinajstić information content (AvgIpc) is 1.41. The fraction of sp³-hybridized carbons (Fsp3) is 0. The van der Waals surface area contributed by atoms with Gasteiger partial charge in [-0.15, -0.1) is 0 Å². The van der Waals surface area contributed by atoms with Gasteiger partial charge in [0, 0.05) is 0 Å². The molecule has 0 spiro atoms. The van der Waals surface area contributed by atoms with Crippen LogP contribution in [0.5, 0.6) is 0 Å². The van der Waals surface area contributed by atoms with Crippen LogP contribution in [-0.4, -0.2) is 5.09 Å². The van der Waals surface area contributed by atoms with Crippen LogP contribution in [0.3, 0.4) is 0 Å². The van der Waals surface area contributed by atoms with Gasteiger partial charge in [-0.05, 0) is 0 Å². The summed E-state index contributed by atoms with van der Waals surface area (Å²) < 4.78 is 4.35. The molecule has 0 atom stereocenters. The summed E-state index contributed by atoms with van der Waals surface area (Å²) in [6.07, 6.45) is 0. The molecule has 0 rings (SSSR count). The minimum atomic E-state index is -1.75. The van der Waals surface area contributed by atoms with Crippen LogP contribution in [0.2, 0.25) is 0 Å². The van der Waals surface area contributed by atoms with Gasteiger partial charge in [-0.2, -0.15) is 0 Å². The summed E-state index contributed by atoms with van der Waals surface area (Å²) in [5.74, 6) is 0. The number of hydrogen-bond acceptors (Lipinski definition) is 4. The van der Waals surface area contributed by atoms with E-state index >= 15 is 0 Å². The fourth-order valence-corrected chi connectivity index (χ4v) is 0. The number of hydrogen-bond donors (Lipinski definition) is 1. The molecule has 5 nitrogen and oxygen atoms in total. The summed E-state index contributed by atoms with van der Waals surface area (Å²) in [7, 11) is 0. The second-order valence-corrected chi connectivity index (χ2v) is 0.224. The molecule has 0 saturated carbocycles. The SMILES string of the molecule is O=[N+]([O-])[O-].[NH2][Pd+]. The van der Waals surface area contributed by atoms with Crippen molar-refractivity contribution in [2.24, 2.45) is 4.37 Å². The maximum absolute atomic E-state index is 8.25. The van der Waals surface area contributed by atoms with Crippen molar-refractivity contribution in [1.82, 2.24) is 0 Å². The van der Waals surface area contributed by atoms with E-state index in [0.717, 1.165) is 0 Å². The third kappa shape index (κ3) is 965. The van der Waals surface area contributed by atoms with Crippen LogP contribution >= 0.6 is 0 Å². The first-order chi connectivity index (χ1) is 2.73. The minimum absolute atomic E-state index is 1.75. The predicted octanol–water partition coefficient (Wildman–Crippen LogP) is -0.832. The average molecular weight is 184 g/mol. The van der Waals surface area contributed by atoms with Gasteiger partial charge >= 0.3 is 23.8 Å². The van der Waals surface area contributed by atoms with Gasteiger partial charge in [0.1, 0.15) is 0 Å². The van der Waals surface area contributed by atoms with E-state index in [0.29, 0.717) is 0 Å². The molecule has 0 aliphatic heterocycles. The van der Waals surface area contributed by atoms with Crippen molar-refractivity contribution < 1.29 is 24.5 Å². The summed E-state index contributed by atoms with van der Waals surface area (Å²) in [4.78, 5) is 8.25. The zero-order valence-corrected chi connectivity index (χ0v) is 4.12. The zero-order valence-electron chi connectivity index (χ0n) is 2.57. The van der Waals surface area contributed by atoms with Crippen molar-refractivity contribution in [2.45, 2.75) is 0 Å². The molecule has 0 aromatic carbocycles. The normalized spacial score (nSPS) is 5.17. The molecule has 0 aromatic heterocycles. The predicted molar refractivity (Wildman–Crippen MR) is 14.5 cm³/mol. The number of nitrogens with two attached hydrogens (primary N) is 1. The van der Waals surface area contributed by atoms with E-state index in [-0.39, 0.29) is 0 Å². The van der Waals surface area contributed by atoms with Crippen molar-refractivity contribution in [3.63, 3.8) is 0 Å². The van der Waals surface area contributed by atoms with Gasteiger partial charge in [-0.1, -0.05) is 0 Å². The molecule has 0 radical (unpaired) electrons. The van der Waals surface area contributed by atoms with Gasteiger partial charge < -0.3 is 15.3 Å². The molecule has 0 bridgehead atoms. The standard InChI is InChI=1S/NO3.H2N.Pd/c2-1(3)4;;/h;1H2;/q2*-1;+2. The molecular weight excluding hydrogens is 182 g/mol. The monoisotopic (exact) mass is 184 g/mol. The van der Waals surface area contributed by atoms with Gasteiger partial charge in [0.25, 0.3) is 0 Å². The van der Waals surface area contributed by atoms with Crippen molar-refractivity contribution in [2.75, 3.05) is 0 Å². The fourth-order valence-electron chi connectivity index (χ4n) is 0. The van der Waals surface area contributed by atoms with E-state index in [9.17, 15) is 0 Å². The first-order valence-corrected chi connectivity index (χ1v) is 1.63. The van der Waals surface area contributed by atoms with E-state index in [1.165, 1.54) is 0 Å². The summed E-state index contributed by atoms with van der Waals surface area (Å²) in [5.41, 5.74) is 0. The summed E-state index contributed by atoms with van der Waals surface area (Å²) in [6.45, 7) is 0. The molecule has 6 heteroatoms. The van der Waals surface area contributed by atoms with E-state index in [4.69, 9.17) is 15.3 Å². The molecule has 0 aliphatic carbocycles. The Labute approximate surface area is 44.9 Å². The van der Waals surface area contributed by atoms with E-state index in [1.807, 2.05) is 0 Å². The Morgan fingerprint density at radius 3 is 1.50 bits per heavy atom. The van der Waals surface area contributed by atoms with Crippen LogP contribution in [0.15, 0.2) is 0 Å². The van der Waals surface area contributed by atoms with Crippen molar-refractivity contribution in [3.05, 3.63) is 15.3 Å². The van der Waals surface area contributed by atoms with Gasteiger partial charge in [0.05, 0.1) is 5.09 Å². The van der Waals surface area contributed by atoms with Crippen molar-refractivity contribution >= 4 is 0 Å². The molecular formula is H2N2O3Pd. The Balaban J connectivity index is 0. The van der Waals surface area contributed by atoms with Gasteiger partial charge in [0.15, 0.2) is 0 Å². The quantitative estimate of drug-likeness (QED) is 0.302. The maximum atomic E-state index is 8.25. The first kappa shape index (κ1) is 9.27. The van der Waals surface area contributed by atoms with Gasteiger partial charge in [-0.3, -0.25) is 0 Å². The molecule has 0 unspecified atom stereocenters. The number of rotatable bonds is 0. The van der Waals surface area contributed by atoms with Crippen LogP contribution in [0.25, 0.3) is 0 Å². The molecule has 0 amide bonds. The van der Waals surface area contributed by atoms with Gasteiger partial charge in [0.2, 0.25) is 0 Å². The molecule has 0 aromatic rings. The van der Waals surface area contributed by atoms with Crippen molar-refractivity contribution in [3.8, 4) is 0 Å². The van der Waals surface area contributed by atoms with Crippen LogP contribution in [-0.2, 0) is 19.4 Å². The Morgan fingerprint density at radius 1 is 1.50 bits per heavy atom. The third-order valence-electron chi connectivity index (χ3n) is 0. The van der Waals surface area contributed by atoms with Crippen LogP contribution < -0.4 is 4.37 Å². The summed E-state index contributed by atoms with van der Waals surface area (Å²) >= 11 is 2.25. The first-order valence-electron chi connectivity index (χ1n) is 0.730. The Morgan fingerprint density at radius 2 is 1.50 bits per heavy atom. The Bertz CT molecular complexity index is 31.8. The summed E-state index contributed by atoms with van der Waals surface area (Å²) in [6, 6.07) is 0. The second-order valence-electron chi connectivity index (χ2n) is 0.224. The third-order valence-corrected chi connectivity index (χ3v) is 0. The molecule has 0 fully saturated rings. The molecule has 0 heterocycles. The van der Waals surface area contributed by atoms with E-state index < -0.39 is 5.09 Å². The Kier molecular flexibility index (Phi) is 13.7. The molecule has 0 saturated heterocycles. The van der Waals surface area contributed by atoms with Crippen LogP contribution in [0.4, 0.5) is 0 Å². The second kappa shape index (κ2) is 8.84. The van der Waals surface area contributed by atoms with E-state index in [2.05, 4.69) is 23.8 Å². The summed E-state index contributed by atoms with van der Waals surface area (Å²) in [5, 5.41) is 14.8. The molecule has 40 valence electrons. The van der Waals surface area contributed by atoms with E-state index in [1.54, 1.807) is 0 Å². The molecule has 6 heavy (non-hydrogen) atoms. The van der Waals surface area contributed by atoms with Gasteiger partial charge in [-0.25, -0.2) is 0 Å². The van der Waals surface area contributed by atoms with Crippen LogP contribution in [0.1, 0.15) is 0 Å². The Hall–Kier alpha value is -0.178. The zero-order chi connectivity index (χ0) is 5.58. The topological polar surface area (TPSA) is 92.2 Å². The molecule has 2 N–H and O–H groups in total. The van der Waals surface area contributed by atoms with Crippen molar-refractivity contribution in [1.29, 1.82) is 0 Å².